The summed E-state index contributed by atoms with van der Waals surface area (Å²) in [4.78, 5) is 12.0. The Morgan fingerprint density at radius 2 is 2.11 bits per heavy atom. The smallest absolute Gasteiger partial charge is 0.347 e. The van der Waals surface area contributed by atoms with Crippen molar-refractivity contribution in [3.8, 4) is 0 Å². The Kier molecular flexibility index (Phi) is 1.58. The van der Waals surface area contributed by atoms with Crippen LogP contribution in [0.5, 0.6) is 0 Å². The van der Waals surface area contributed by atoms with E-state index in [0.29, 0.717) is 5.58 Å². The fraction of sp³-hybridized carbons (Fsp3) is 0.0769. The van der Waals surface area contributed by atoms with Crippen LogP contribution in [0.1, 0.15) is 5.69 Å². The van der Waals surface area contributed by atoms with Crippen molar-refractivity contribution < 1.29 is 4.42 Å². The quantitative estimate of drug-likeness (QED) is 0.511. The molecular formula is C13H9N3O2. The normalized spacial score (nSPS) is 11.8. The van der Waals surface area contributed by atoms with E-state index < -0.39 is 0 Å². The fourth-order valence-electron chi connectivity index (χ4n) is 2.40. The molecule has 1 aromatic carbocycles. The lowest BCUT2D eigenvalue weighted by Crippen LogP contribution is -2.18. The van der Waals surface area contributed by atoms with Crippen LogP contribution in [0.25, 0.3) is 27.6 Å². The average Bonchev–Trinajstić information content (AvgIpc) is 2.90. The highest BCUT2D eigenvalue weighted by Crippen LogP contribution is 2.30. The van der Waals surface area contributed by atoms with Gasteiger partial charge in [0.25, 0.3) is 0 Å². The van der Waals surface area contributed by atoms with Gasteiger partial charge in [-0.25, -0.2) is 9.89 Å². The van der Waals surface area contributed by atoms with Crippen LogP contribution >= 0.6 is 0 Å². The molecule has 0 saturated carbocycles. The lowest BCUT2D eigenvalue weighted by molar-refractivity contribution is 0.669. The Bertz CT molecular complexity index is 959. The Morgan fingerprint density at radius 3 is 3.00 bits per heavy atom. The van der Waals surface area contributed by atoms with Gasteiger partial charge in [0.1, 0.15) is 11.1 Å². The molecule has 0 fully saturated rings. The summed E-state index contributed by atoms with van der Waals surface area (Å²) in [7, 11) is 0. The van der Waals surface area contributed by atoms with Crippen molar-refractivity contribution >= 4 is 27.6 Å². The van der Waals surface area contributed by atoms with E-state index in [4.69, 9.17) is 4.42 Å². The number of benzene rings is 1. The summed E-state index contributed by atoms with van der Waals surface area (Å²) in [5, 5.41) is 7.39. The fourth-order valence-corrected chi connectivity index (χ4v) is 2.40. The van der Waals surface area contributed by atoms with Crippen molar-refractivity contribution in [2.24, 2.45) is 0 Å². The molecule has 4 aromatic rings. The highest BCUT2D eigenvalue weighted by molar-refractivity contribution is 6.05. The van der Waals surface area contributed by atoms with Crippen LogP contribution in [0, 0.1) is 6.92 Å². The number of rotatable bonds is 0. The molecule has 3 heterocycles. The zero-order valence-corrected chi connectivity index (χ0v) is 9.60. The van der Waals surface area contributed by atoms with E-state index in [9.17, 15) is 4.79 Å². The van der Waals surface area contributed by atoms with Crippen LogP contribution in [-0.4, -0.2) is 14.6 Å². The molecule has 0 saturated heterocycles. The third-order valence-corrected chi connectivity index (χ3v) is 3.22. The highest BCUT2D eigenvalue weighted by atomic mass is 16.3. The number of nitrogens with zero attached hydrogens (tertiary/aromatic N) is 2. The number of aromatic amines is 1. The van der Waals surface area contributed by atoms with Crippen LogP contribution in [0.3, 0.4) is 0 Å². The second-order valence-electron chi connectivity index (χ2n) is 4.29. The average molecular weight is 239 g/mol. The molecule has 0 aliphatic heterocycles. The molecule has 5 nitrogen and oxygen atoms in total. The minimum Gasteiger partial charge on any atom is -0.454 e. The van der Waals surface area contributed by atoms with Crippen LogP contribution in [0.15, 0.2) is 39.5 Å². The number of para-hydroxylation sites is 1. The minimum absolute atomic E-state index is 0.253. The maximum Gasteiger partial charge on any atom is 0.347 e. The molecule has 88 valence electrons. The molecule has 0 spiro atoms. The van der Waals surface area contributed by atoms with Gasteiger partial charge in [-0.05, 0) is 19.1 Å². The zero-order valence-electron chi connectivity index (χ0n) is 9.60. The first-order chi connectivity index (χ1) is 8.75. The molecule has 0 atom stereocenters. The van der Waals surface area contributed by atoms with Crippen molar-refractivity contribution in [2.75, 3.05) is 0 Å². The SMILES string of the molecule is Cc1n[nH]c(=O)n2c1cc1oc3ccccc3c12. The van der Waals surface area contributed by atoms with Crippen LogP contribution in [0.4, 0.5) is 0 Å². The first-order valence-electron chi connectivity index (χ1n) is 5.64. The van der Waals surface area contributed by atoms with Crippen LogP contribution in [-0.2, 0) is 0 Å². The summed E-state index contributed by atoms with van der Waals surface area (Å²) in [6, 6.07) is 9.53. The Labute approximate surface area is 101 Å². The molecule has 0 bridgehead atoms. The van der Waals surface area contributed by atoms with E-state index in [1.807, 2.05) is 37.3 Å². The minimum atomic E-state index is -0.253. The third kappa shape index (κ3) is 1.01. The topological polar surface area (TPSA) is 63.3 Å². The second-order valence-corrected chi connectivity index (χ2v) is 4.29. The number of H-pyrrole nitrogens is 1. The standard InChI is InChI=1S/C13H9N3O2/c1-7-9-6-11-12(16(9)13(17)15-14-7)8-4-2-3-5-10(8)18-11/h2-6H,1H3,(H,15,17). The molecular weight excluding hydrogens is 230 g/mol. The van der Waals surface area contributed by atoms with Crippen molar-refractivity contribution in [3.63, 3.8) is 0 Å². The van der Waals surface area contributed by atoms with Gasteiger partial charge >= 0.3 is 5.69 Å². The highest BCUT2D eigenvalue weighted by Gasteiger charge is 2.15. The Morgan fingerprint density at radius 1 is 1.28 bits per heavy atom. The first kappa shape index (κ1) is 9.47. The largest absolute Gasteiger partial charge is 0.454 e. The van der Waals surface area contributed by atoms with Gasteiger partial charge in [0.15, 0.2) is 5.58 Å². The van der Waals surface area contributed by atoms with Gasteiger partial charge in [-0.1, -0.05) is 12.1 Å². The van der Waals surface area contributed by atoms with Crippen molar-refractivity contribution in [1.29, 1.82) is 0 Å². The van der Waals surface area contributed by atoms with Gasteiger partial charge in [-0.15, -0.1) is 0 Å². The Balaban J connectivity index is 2.42. The molecule has 1 N–H and O–H groups in total. The van der Waals surface area contributed by atoms with Crippen molar-refractivity contribution in [2.45, 2.75) is 6.92 Å². The molecule has 0 unspecified atom stereocenters. The maximum atomic E-state index is 12.0. The molecule has 18 heavy (non-hydrogen) atoms. The third-order valence-electron chi connectivity index (χ3n) is 3.22. The predicted molar refractivity (Wildman–Crippen MR) is 67.8 cm³/mol. The van der Waals surface area contributed by atoms with Gasteiger partial charge in [0.2, 0.25) is 0 Å². The van der Waals surface area contributed by atoms with Crippen LogP contribution in [0.2, 0.25) is 0 Å². The Hall–Kier alpha value is -2.56. The van der Waals surface area contributed by atoms with Crippen molar-refractivity contribution in [3.05, 3.63) is 46.5 Å². The number of hydrogen-bond donors (Lipinski definition) is 1. The van der Waals surface area contributed by atoms with E-state index >= 15 is 0 Å². The molecule has 3 aromatic heterocycles. The van der Waals surface area contributed by atoms with E-state index in [2.05, 4.69) is 10.2 Å². The van der Waals surface area contributed by atoms with Gasteiger partial charge < -0.3 is 4.42 Å². The molecule has 0 aliphatic rings. The second kappa shape index (κ2) is 3.01. The van der Waals surface area contributed by atoms with Gasteiger partial charge in [-0.2, -0.15) is 5.10 Å². The molecule has 4 rings (SSSR count). The molecule has 0 aliphatic carbocycles. The van der Waals surface area contributed by atoms with Crippen LogP contribution < -0.4 is 5.69 Å². The first-order valence-corrected chi connectivity index (χ1v) is 5.64. The molecule has 5 heteroatoms. The predicted octanol–water partition coefficient (Wildman–Crippen LogP) is 2.23. The van der Waals surface area contributed by atoms with E-state index in [-0.39, 0.29) is 5.69 Å². The molecule has 0 radical (unpaired) electrons. The van der Waals surface area contributed by atoms with Gasteiger partial charge in [0, 0.05) is 11.5 Å². The summed E-state index contributed by atoms with van der Waals surface area (Å²) in [5.41, 5.74) is 3.58. The summed E-state index contributed by atoms with van der Waals surface area (Å²) >= 11 is 0. The number of aromatic nitrogens is 3. The molecule has 0 amide bonds. The summed E-state index contributed by atoms with van der Waals surface area (Å²) in [6.45, 7) is 1.85. The number of nitrogens with one attached hydrogen (secondary N) is 1. The number of aryl methyl sites for hydroxylation is 1. The summed E-state index contributed by atoms with van der Waals surface area (Å²) in [6.07, 6.45) is 0. The van der Waals surface area contributed by atoms with Gasteiger partial charge in [0.05, 0.1) is 11.2 Å². The summed E-state index contributed by atoms with van der Waals surface area (Å²) < 4.78 is 7.36. The number of fused-ring (bicyclic) bond motifs is 5. The van der Waals surface area contributed by atoms with Gasteiger partial charge in [-0.3, -0.25) is 4.40 Å². The lowest BCUT2D eigenvalue weighted by Gasteiger charge is -1.97. The van der Waals surface area contributed by atoms with Crippen molar-refractivity contribution in [1.82, 2.24) is 14.6 Å². The summed E-state index contributed by atoms with van der Waals surface area (Å²) in [5.74, 6) is 0. The van der Waals surface area contributed by atoms with E-state index in [1.165, 1.54) is 0 Å². The van der Waals surface area contributed by atoms with E-state index in [1.54, 1.807) is 4.40 Å². The monoisotopic (exact) mass is 239 g/mol. The number of furan rings is 1. The zero-order chi connectivity index (χ0) is 12.3. The lowest BCUT2D eigenvalue weighted by atomic mass is 10.2. The number of hydrogen-bond acceptors (Lipinski definition) is 3. The maximum absolute atomic E-state index is 12.0. The van der Waals surface area contributed by atoms with E-state index in [0.717, 1.165) is 27.7 Å².